The monoisotopic (exact) mass is 364 g/mol. The van der Waals surface area contributed by atoms with E-state index in [1.54, 1.807) is 4.90 Å². The lowest BCUT2D eigenvalue weighted by molar-refractivity contribution is -0.137. The first-order chi connectivity index (χ1) is 9.79. The molecule has 1 fully saturated rings. The third-order valence-corrected chi connectivity index (χ3v) is 4.22. The van der Waals surface area contributed by atoms with Gasteiger partial charge in [0, 0.05) is 24.1 Å². The SMILES string of the molecule is CN1CCCN(C(=O)c2cc(C(F)(F)F)ccc2Br)CC1. The van der Waals surface area contributed by atoms with E-state index >= 15 is 0 Å². The second kappa shape index (κ2) is 6.36. The van der Waals surface area contributed by atoms with Gasteiger partial charge in [-0.2, -0.15) is 13.2 Å². The van der Waals surface area contributed by atoms with Gasteiger partial charge in [0.05, 0.1) is 11.1 Å². The maximum Gasteiger partial charge on any atom is 0.416 e. The van der Waals surface area contributed by atoms with Crippen molar-refractivity contribution < 1.29 is 18.0 Å². The highest BCUT2D eigenvalue weighted by molar-refractivity contribution is 9.10. The van der Waals surface area contributed by atoms with Gasteiger partial charge in [-0.15, -0.1) is 0 Å². The summed E-state index contributed by atoms with van der Waals surface area (Å²) in [4.78, 5) is 16.2. The van der Waals surface area contributed by atoms with Crippen LogP contribution < -0.4 is 0 Å². The van der Waals surface area contributed by atoms with Crippen molar-refractivity contribution in [3.05, 3.63) is 33.8 Å². The highest BCUT2D eigenvalue weighted by atomic mass is 79.9. The van der Waals surface area contributed by atoms with Crippen molar-refractivity contribution in [2.24, 2.45) is 0 Å². The topological polar surface area (TPSA) is 23.6 Å². The Morgan fingerprint density at radius 3 is 2.57 bits per heavy atom. The second-order valence-corrected chi connectivity index (χ2v) is 6.00. The molecule has 0 aromatic heterocycles. The van der Waals surface area contributed by atoms with Crippen LogP contribution in [0.4, 0.5) is 13.2 Å². The molecule has 1 aromatic carbocycles. The highest BCUT2D eigenvalue weighted by Gasteiger charge is 2.32. The van der Waals surface area contributed by atoms with E-state index in [1.807, 2.05) is 7.05 Å². The molecule has 0 unspecified atom stereocenters. The number of halogens is 4. The molecule has 116 valence electrons. The smallest absolute Gasteiger partial charge is 0.337 e. The zero-order chi connectivity index (χ0) is 15.6. The molecule has 0 atom stereocenters. The summed E-state index contributed by atoms with van der Waals surface area (Å²) in [7, 11) is 1.97. The van der Waals surface area contributed by atoms with E-state index in [2.05, 4.69) is 20.8 Å². The zero-order valence-corrected chi connectivity index (χ0v) is 13.2. The van der Waals surface area contributed by atoms with E-state index in [1.165, 1.54) is 6.07 Å². The Bertz CT molecular complexity index is 533. The highest BCUT2D eigenvalue weighted by Crippen LogP contribution is 2.32. The van der Waals surface area contributed by atoms with Crippen molar-refractivity contribution in [1.82, 2.24) is 9.80 Å². The van der Waals surface area contributed by atoms with Crippen LogP contribution >= 0.6 is 15.9 Å². The fourth-order valence-electron chi connectivity index (χ4n) is 2.29. The maximum atomic E-state index is 12.8. The Morgan fingerprint density at radius 1 is 1.19 bits per heavy atom. The summed E-state index contributed by atoms with van der Waals surface area (Å²) in [5, 5.41) is 0. The number of likely N-dealkylation sites (N-methyl/N-ethyl adjacent to an activating group) is 1. The summed E-state index contributed by atoms with van der Waals surface area (Å²) in [6, 6.07) is 3.16. The van der Waals surface area contributed by atoms with E-state index in [9.17, 15) is 18.0 Å². The lowest BCUT2D eigenvalue weighted by Crippen LogP contribution is -2.34. The Kier molecular flexibility index (Phi) is 4.93. The Morgan fingerprint density at radius 2 is 1.90 bits per heavy atom. The molecule has 3 nitrogen and oxygen atoms in total. The Balaban J connectivity index is 2.26. The van der Waals surface area contributed by atoms with E-state index in [-0.39, 0.29) is 11.5 Å². The summed E-state index contributed by atoms with van der Waals surface area (Å²) in [6.45, 7) is 2.69. The summed E-state index contributed by atoms with van der Waals surface area (Å²) < 4.78 is 38.7. The van der Waals surface area contributed by atoms with E-state index in [0.29, 0.717) is 17.6 Å². The lowest BCUT2D eigenvalue weighted by Gasteiger charge is -2.21. The van der Waals surface area contributed by atoms with Crippen LogP contribution in [0.1, 0.15) is 22.3 Å². The standard InChI is InChI=1S/C14H16BrF3N2O/c1-19-5-2-6-20(8-7-19)13(21)11-9-10(14(16,17)18)3-4-12(11)15/h3-4,9H,2,5-8H2,1H3. The Labute approximate surface area is 129 Å². The lowest BCUT2D eigenvalue weighted by atomic mass is 10.1. The first kappa shape index (κ1) is 16.3. The first-order valence-corrected chi connectivity index (χ1v) is 7.43. The molecule has 1 saturated heterocycles. The van der Waals surface area contributed by atoms with Crippen LogP contribution in [0.3, 0.4) is 0 Å². The molecule has 7 heteroatoms. The van der Waals surface area contributed by atoms with Gasteiger partial charge >= 0.3 is 6.18 Å². The van der Waals surface area contributed by atoms with E-state index in [0.717, 1.165) is 31.6 Å². The van der Waals surface area contributed by atoms with Gasteiger partial charge in [0.2, 0.25) is 0 Å². The van der Waals surface area contributed by atoms with Gasteiger partial charge in [0.15, 0.2) is 0 Å². The van der Waals surface area contributed by atoms with Gasteiger partial charge in [-0.25, -0.2) is 0 Å². The molecule has 0 saturated carbocycles. The van der Waals surface area contributed by atoms with Crippen molar-refractivity contribution in [3.63, 3.8) is 0 Å². The number of hydrogen-bond donors (Lipinski definition) is 0. The summed E-state index contributed by atoms with van der Waals surface area (Å²) in [5.41, 5.74) is -0.740. The number of carbonyl (C=O) groups is 1. The van der Waals surface area contributed by atoms with E-state index in [4.69, 9.17) is 0 Å². The van der Waals surface area contributed by atoms with Crippen molar-refractivity contribution in [3.8, 4) is 0 Å². The number of alkyl halides is 3. The quantitative estimate of drug-likeness (QED) is 0.763. The summed E-state index contributed by atoms with van der Waals surface area (Å²) in [5.74, 6) is -0.358. The molecule has 0 spiro atoms. The van der Waals surface area contributed by atoms with Crippen LogP contribution in [-0.4, -0.2) is 48.9 Å². The van der Waals surface area contributed by atoms with Gasteiger partial charge in [-0.1, -0.05) is 0 Å². The third kappa shape index (κ3) is 3.97. The third-order valence-electron chi connectivity index (χ3n) is 3.53. The van der Waals surface area contributed by atoms with Crippen LogP contribution in [0.2, 0.25) is 0 Å². The molecule has 0 N–H and O–H groups in total. The minimum absolute atomic E-state index is 0.0642. The molecule has 1 heterocycles. The fraction of sp³-hybridized carbons (Fsp3) is 0.500. The fourth-order valence-corrected chi connectivity index (χ4v) is 2.70. The average Bonchev–Trinajstić information content (AvgIpc) is 2.62. The number of amides is 1. The molecule has 1 amide bonds. The van der Waals surface area contributed by atoms with Gasteiger partial charge in [-0.3, -0.25) is 4.79 Å². The molecular formula is C14H16BrF3N2O. The maximum absolute atomic E-state index is 12.8. The predicted molar refractivity (Wildman–Crippen MR) is 77.2 cm³/mol. The number of rotatable bonds is 1. The molecule has 1 aromatic rings. The van der Waals surface area contributed by atoms with Gasteiger partial charge in [0.25, 0.3) is 5.91 Å². The predicted octanol–water partition coefficient (Wildman–Crippen LogP) is 3.25. The van der Waals surface area contributed by atoms with Crippen molar-refractivity contribution in [1.29, 1.82) is 0 Å². The number of hydrogen-bond acceptors (Lipinski definition) is 2. The molecule has 1 aliphatic heterocycles. The van der Waals surface area contributed by atoms with E-state index < -0.39 is 11.7 Å². The molecule has 0 aliphatic carbocycles. The minimum Gasteiger partial charge on any atom is -0.337 e. The molecule has 0 radical (unpaired) electrons. The van der Waals surface area contributed by atoms with Crippen LogP contribution in [0, 0.1) is 0 Å². The van der Waals surface area contributed by atoms with Gasteiger partial charge in [-0.05, 0) is 54.1 Å². The van der Waals surface area contributed by atoms with Crippen LogP contribution in [0.15, 0.2) is 22.7 Å². The number of carbonyl (C=O) groups excluding carboxylic acids is 1. The zero-order valence-electron chi connectivity index (χ0n) is 11.6. The molecule has 1 aliphatic rings. The average molecular weight is 365 g/mol. The Hall–Kier alpha value is -1.08. The largest absolute Gasteiger partial charge is 0.416 e. The first-order valence-electron chi connectivity index (χ1n) is 6.63. The van der Waals surface area contributed by atoms with Crippen LogP contribution in [-0.2, 0) is 6.18 Å². The van der Waals surface area contributed by atoms with Gasteiger partial charge < -0.3 is 9.80 Å². The number of benzene rings is 1. The number of nitrogens with zero attached hydrogens (tertiary/aromatic N) is 2. The summed E-state index contributed by atoms with van der Waals surface area (Å²) >= 11 is 3.17. The molecule has 21 heavy (non-hydrogen) atoms. The van der Waals surface area contributed by atoms with Crippen LogP contribution in [0.5, 0.6) is 0 Å². The van der Waals surface area contributed by atoms with Crippen molar-refractivity contribution >= 4 is 21.8 Å². The van der Waals surface area contributed by atoms with Crippen LogP contribution in [0.25, 0.3) is 0 Å². The van der Waals surface area contributed by atoms with Crippen molar-refractivity contribution in [2.45, 2.75) is 12.6 Å². The molecule has 0 bridgehead atoms. The minimum atomic E-state index is -4.45. The molecule has 2 rings (SSSR count). The molecular weight excluding hydrogens is 349 g/mol. The normalized spacial score (nSPS) is 17.7. The van der Waals surface area contributed by atoms with Crippen molar-refractivity contribution in [2.75, 3.05) is 33.2 Å². The second-order valence-electron chi connectivity index (χ2n) is 5.14. The van der Waals surface area contributed by atoms with Gasteiger partial charge in [0.1, 0.15) is 0 Å². The summed E-state index contributed by atoms with van der Waals surface area (Å²) in [6.07, 6.45) is -3.63.